The number of pyridine rings is 1. The average molecular weight is 269 g/mol. The molecule has 0 saturated carbocycles. The molecule has 1 rings (SSSR count). The van der Waals surface area contributed by atoms with Gasteiger partial charge in [0.25, 0.3) is 0 Å². The molecule has 1 heterocycles. The van der Waals surface area contributed by atoms with Crippen molar-refractivity contribution in [3.63, 3.8) is 0 Å². The van der Waals surface area contributed by atoms with Gasteiger partial charge < -0.3 is 0 Å². The molecule has 0 spiro atoms. The van der Waals surface area contributed by atoms with Crippen LogP contribution in [0, 0.1) is 0 Å². The van der Waals surface area contributed by atoms with Crippen LogP contribution in [0.3, 0.4) is 0 Å². The van der Waals surface area contributed by atoms with Crippen molar-refractivity contribution >= 4 is 22.5 Å². The third-order valence-electron chi connectivity index (χ3n) is 1.92. The van der Waals surface area contributed by atoms with E-state index in [2.05, 4.69) is 30.0 Å². The van der Waals surface area contributed by atoms with E-state index < -0.39 is 0 Å². The molecule has 0 N–H and O–H groups in total. The van der Waals surface area contributed by atoms with Crippen molar-refractivity contribution in [2.45, 2.75) is 10.5 Å². The summed E-state index contributed by atoms with van der Waals surface area (Å²) in [7, 11) is 4.24. The number of aromatic nitrogens is 1. The minimum atomic E-state index is 0.557. The third kappa shape index (κ3) is 2.45. The molecule has 0 saturated heterocycles. The molecule has 0 aliphatic rings. The van der Waals surface area contributed by atoms with Gasteiger partial charge >= 0.3 is 87.1 Å². The van der Waals surface area contributed by atoms with Gasteiger partial charge in [-0.3, -0.25) is 0 Å². The van der Waals surface area contributed by atoms with E-state index in [1.165, 1.54) is 32.5 Å². The van der Waals surface area contributed by atoms with Crippen molar-refractivity contribution < 1.29 is 0 Å². The monoisotopic (exact) mass is 270 g/mol. The van der Waals surface area contributed by atoms with Crippen LogP contribution >= 0.6 is 0 Å². The van der Waals surface area contributed by atoms with Gasteiger partial charge in [0.05, 0.1) is 0 Å². The van der Waals surface area contributed by atoms with E-state index in [1.807, 2.05) is 18.5 Å². The van der Waals surface area contributed by atoms with E-state index in [-0.39, 0.29) is 0 Å². The zero-order valence-electron chi connectivity index (χ0n) is 7.57. The molecule has 2 nitrogen and oxygen atoms in total. The molecule has 1 aromatic rings. The zero-order valence-corrected chi connectivity index (χ0v) is 10.9. The molecule has 0 bridgehead atoms. The summed E-state index contributed by atoms with van der Waals surface area (Å²) in [6.45, 7) is 0. The maximum atomic E-state index is 4.12. The fraction of sp³-hybridized carbons (Fsp3) is 0.444. The van der Waals surface area contributed by atoms with E-state index in [4.69, 9.17) is 0 Å². The summed E-state index contributed by atoms with van der Waals surface area (Å²) in [6.07, 6.45) is 3.78. The Morgan fingerprint density at radius 1 is 1.58 bits per heavy atom. The van der Waals surface area contributed by atoms with Gasteiger partial charge in [-0.25, -0.2) is 0 Å². The minimum absolute atomic E-state index is 0.557. The van der Waals surface area contributed by atoms with Gasteiger partial charge in [0, 0.05) is 0 Å². The van der Waals surface area contributed by atoms with Gasteiger partial charge in [-0.2, -0.15) is 0 Å². The summed E-state index contributed by atoms with van der Waals surface area (Å²) in [6, 6.07) is 4.71. The van der Waals surface area contributed by atoms with Crippen LogP contribution in [-0.2, 0) is 0 Å². The Morgan fingerprint density at radius 3 is 2.75 bits per heavy atom. The van der Waals surface area contributed by atoms with Gasteiger partial charge in [0.15, 0.2) is 0 Å². The first kappa shape index (κ1) is 9.99. The zero-order chi connectivity index (χ0) is 8.97. The van der Waals surface area contributed by atoms with Crippen LogP contribution in [0.15, 0.2) is 24.5 Å². The summed E-state index contributed by atoms with van der Waals surface area (Å²) in [4.78, 5) is 6.38. The van der Waals surface area contributed by atoms with Crippen LogP contribution < -0.4 is 0 Å². The summed E-state index contributed by atoms with van der Waals surface area (Å²) < 4.78 is 1.25. The summed E-state index contributed by atoms with van der Waals surface area (Å²) in [5.41, 5.74) is 1.33. The second-order valence-corrected chi connectivity index (χ2v) is 4.35. The van der Waals surface area contributed by atoms with Crippen molar-refractivity contribution in [1.29, 1.82) is 0 Å². The third-order valence-corrected chi connectivity index (χ3v) is 3.19. The molecule has 12 heavy (non-hydrogen) atoms. The van der Waals surface area contributed by atoms with Crippen LogP contribution in [0.2, 0.25) is 4.44 Å². The normalized spacial score (nSPS) is 13.3. The maximum absolute atomic E-state index is 4.12. The Bertz CT molecular complexity index is 223. The van der Waals surface area contributed by atoms with E-state index in [0.717, 1.165) is 0 Å². The molecule has 0 aliphatic heterocycles. The van der Waals surface area contributed by atoms with Gasteiger partial charge in [0.2, 0.25) is 0 Å². The summed E-state index contributed by atoms with van der Waals surface area (Å²) in [5.74, 6) is 0. The Morgan fingerprint density at radius 2 is 2.33 bits per heavy atom. The first-order chi connectivity index (χ1) is 5.75. The van der Waals surface area contributed by atoms with E-state index >= 15 is 0 Å². The first-order valence-corrected chi connectivity index (χ1v) is 6.35. The average Bonchev–Trinajstić information content (AvgIpc) is 2.07. The molecule has 64 valence electrons. The summed E-state index contributed by atoms with van der Waals surface area (Å²) >= 11 is 1.30. The fourth-order valence-electron chi connectivity index (χ4n) is 1.22. The Balaban J connectivity index is 2.80. The molecule has 0 aromatic carbocycles. The van der Waals surface area contributed by atoms with Crippen molar-refractivity contribution in [1.82, 2.24) is 9.88 Å². The second-order valence-electron chi connectivity index (χ2n) is 3.00. The Kier molecular flexibility index (Phi) is 4.01. The topological polar surface area (TPSA) is 16.1 Å². The van der Waals surface area contributed by atoms with Crippen LogP contribution in [0.25, 0.3) is 0 Å². The van der Waals surface area contributed by atoms with Crippen molar-refractivity contribution in [2.24, 2.45) is 0 Å². The van der Waals surface area contributed by atoms with Gasteiger partial charge in [0.1, 0.15) is 0 Å². The molecule has 2 radical (unpaired) electrons. The Labute approximate surface area is 87.1 Å². The number of rotatable bonds is 3. The second kappa shape index (κ2) is 4.82. The number of hydrogen-bond acceptors (Lipinski definition) is 2. The van der Waals surface area contributed by atoms with E-state index in [9.17, 15) is 0 Å². The van der Waals surface area contributed by atoms with E-state index in [1.54, 1.807) is 0 Å². The molecular weight excluding hydrogens is 255 g/mol. The van der Waals surface area contributed by atoms with Crippen molar-refractivity contribution in [2.75, 3.05) is 14.1 Å². The van der Waals surface area contributed by atoms with Gasteiger partial charge in [-0.15, -0.1) is 0 Å². The molecular formula is C9H14N2Sn. The first-order valence-electron chi connectivity index (χ1n) is 4.02. The quantitative estimate of drug-likeness (QED) is 0.761. The predicted octanol–water partition coefficient (Wildman–Crippen LogP) is 1.00. The molecule has 0 fully saturated rings. The SMILES string of the molecule is CN(C)C([CH2][SnH])c1cccnc1. The van der Waals surface area contributed by atoms with Crippen LogP contribution in [0.1, 0.15) is 11.6 Å². The predicted molar refractivity (Wildman–Crippen MR) is 52.6 cm³/mol. The number of hydrogen-bond donors (Lipinski definition) is 0. The van der Waals surface area contributed by atoms with Gasteiger partial charge in [-0.05, 0) is 0 Å². The van der Waals surface area contributed by atoms with Crippen molar-refractivity contribution in [3.05, 3.63) is 30.1 Å². The van der Waals surface area contributed by atoms with Crippen LogP contribution in [0.5, 0.6) is 0 Å². The standard InChI is InChI=1S/C9H13N2.Sn.H/c1-8(11(2)3)9-5-4-6-10-7-9;;/h4-8H,1H2,2-3H3;;. The summed E-state index contributed by atoms with van der Waals surface area (Å²) in [5, 5.41) is 0. The molecule has 0 amide bonds. The fourth-order valence-corrected chi connectivity index (χ4v) is 3.20. The number of nitrogens with zero attached hydrogens (tertiary/aromatic N) is 2. The molecule has 3 heteroatoms. The van der Waals surface area contributed by atoms with Crippen LogP contribution in [-0.4, -0.2) is 46.5 Å². The molecule has 1 unspecified atom stereocenters. The molecule has 0 aliphatic carbocycles. The van der Waals surface area contributed by atoms with E-state index in [0.29, 0.717) is 6.04 Å². The molecule has 1 aromatic heterocycles. The van der Waals surface area contributed by atoms with Crippen molar-refractivity contribution in [3.8, 4) is 0 Å². The Hall–Kier alpha value is -0.0913. The van der Waals surface area contributed by atoms with Crippen LogP contribution in [0.4, 0.5) is 0 Å². The van der Waals surface area contributed by atoms with Gasteiger partial charge in [-0.1, -0.05) is 0 Å². The molecule has 1 atom stereocenters.